The quantitative estimate of drug-likeness (QED) is 0.474. The summed E-state index contributed by atoms with van der Waals surface area (Å²) >= 11 is 0. The number of H-pyrrole nitrogens is 1. The Balaban J connectivity index is 1.33. The molecule has 4 aromatic rings. The Morgan fingerprint density at radius 3 is 3.04 bits per heavy atom. The highest BCUT2D eigenvalue weighted by Gasteiger charge is 2.11. The summed E-state index contributed by atoms with van der Waals surface area (Å²) in [6.07, 6.45) is 5.45. The normalized spacial score (nSPS) is 11.0. The fourth-order valence-corrected chi connectivity index (χ4v) is 2.79. The topological polar surface area (TPSA) is 122 Å². The first kappa shape index (κ1) is 16.7. The first-order valence-corrected chi connectivity index (χ1v) is 8.42. The average Bonchev–Trinajstić information content (AvgIpc) is 3.31. The molecule has 136 valence electrons. The molecular formula is C18H17N7O2. The van der Waals surface area contributed by atoms with E-state index >= 15 is 0 Å². The van der Waals surface area contributed by atoms with Crippen molar-refractivity contribution in [2.75, 3.05) is 6.54 Å². The van der Waals surface area contributed by atoms with Gasteiger partial charge in [0.2, 0.25) is 5.91 Å². The van der Waals surface area contributed by atoms with E-state index in [4.69, 9.17) is 0 Å². The second-order valence-electron chi connectivity index (χ2n) is 5.96. The summed E-state index contributed by atoms with van der Waals surface area (Å²) in [4.78, 5) is 24.8. The number of aromatic nitrogens is 6. The number of amides is 1. The van der Waals surface area contributed by atoms with Gasteiger partial charge in [-0.15, -0.1) is 0 Å². The van der Waals surface area contributed by atoms with E-state index < -0.39 is 0 Å². The molecule has 0 radical (unpaired) electrons. The lowest BCUT2D eigenvalue weighted by Gasteiger charge is -2.06. The third-order valence-corrected chi connectivity index (χ3v) is 4.07. The Morgan fingerprint density at radius 1 is 1.26 bits per heavy atom. The van der Waals surface area contributed by atoms with Crippen LogP contribution in [0.3, 0.4) is 0 Å². The van der Waals surface area contributed by atoms with Gasteiger partial charge in [0.15, 0.2) is 5.82 Å². The monoisotopic (exact) mass is 363 g/mol. The molecule has 0 spiro atoms. The van der Waals surface area contributed by atoms with Gasteiger partial charge in [-0.05, 0) is 24.3 Å². The highest BCUT2D eigenvalue weighted by Crippen LogP contribution is 2.23. The van der Waals surface area contributed by atoms with Gasteiger partial charge in [-0.25, -0.2) is 9.97 Å². The molecule has 0 unspecified atom stereocenters. The number of aromatic amines is 1. The van der Waals surface area contributed by atoms with E-state index in [9.17, 15) is 9.90 Å². The van der Waals surface area contributed by atoms with Crippen LogP contribution in [0.1, 0.15) is 5.82 Å². The largest absolute Gasteiger partial charge is 0.506 e. The van der Waals surface area contributed by atoms with Gasteiger partial charge in [0, 0.05) is 30.9 Å². The lowest BCUT2D eigenvalue weighted by atomic mass is 10.3. The molecule has 27 heavy (non-hydrogen) atoms. The molecule has 3 aromatic heterocycles. The molecule has 3 N–H and O–H groups in total. The second kappa shape index (κ2) is 7.24. The van der Waals surface area contributed by atoms with Crippen molar-refractivity contribution in [3.63, 3.8) is 0 Å². The van der Waals surface area contributed by atoms with Crippen LogP contribution in [-0.2, 0) is 17.8 Å². The third kappa shape index (κ3) is 3.61. The van der Waals surface area contributed by atoms with Crippen molar-refractivity contribution in [3.05, 3.63) is 54.9 Å². The predicted octanol–water partition coefficient (Wildman–Crippen LogP) is 1.28. The van der Waals surface area contributed by atoms with Crippen molar-refractivity contribution in [2.45, 2.75) is 13.0 Å². The van der Waals surface area contributed by atoms with Crippen LogP contribution in [-0.4, -0.2) is 47.3 Å². The number of nitrogens with zero attached hydrogens (tertiary/aromatic N) is 5. The fraction of sp³-hybridized carbons (Fsp3) is 0.167. The van der Waals surface area contributed by atoms with Gasteiger partial charge < -0.3 is 15.0 Å². The van der Waals surface area contributed by atoms with Crippen molar-refractivity contribution < 1.29 is 9.90 Å². The number of para-hydroxylation sites is 1. The first-order valence-electron chi connectivity index (χ1n) is 8.42. The molecule has 1 amide bonds. The van der Waals surface area contributed by atoms with Gasteiger partial charge in [0.05, 0.1) is 11.8 Å². The smallest absolute Gasteiger partial charge is 0.240 e. The Hall–Kier alpha value is -3.75. The number of phenolic OH excluding ortho intramolecular Hbond substituents is 1. The minimum absolute atomic E-state index is 0.0748. The van der Waals surface area contributed by atoms with Crippen LogP contribution in [0, 0.1) is 0 Å². The van der Waals surface area contributed by atoms with Crippen LogP contribution in [0.25, 0.3) is 22.4 Å². The summed E-state index contributed by atoms with van der Waals surface area (Å²) in [6.45, 7) is 0.491. The number of carbonyl (C=O) groups excluding carboxylic acids is 1. The van der Waals surface area contributed by atoms with Gasteiger partial charge in [-0.1, -0.05) is 6.07 Å². The van der Waals surface area contributed by atoms with Gasteiger partial charge in [-0.3, -0.25) is 14.9 Å². The summed E-state index contributed by atoms with van der Waals surface area (Å²) in [5.41, 5.74) is 2.02. The van der Waals surface area contributed by atoms with E-state index in [1.165, 1.54) is 0 Å². The van der Waals surface area contributed by atoms with E-state index in [1.54, 1.807) is 41.5 Å². The first-order chi connectivity index (χ1) is 13.2. The van der Waals surface area contributed by atoms with E-state index in [0.29, 0.717) is 35.6 Å². The lowest BCUT2D eigenvalue weighted by molar-refractivity contribution is -0.121. The Bertz CT molecular complexity index is 1070. The highest BCUT2D eigenvalue weighted by molar-refractivity contribution is 5.84. The maximum Gasteiger partial charge on any atom is 0.240 e. The lowest BCUT2D eigenvalue weighted by Crippen LogP contribution is -2.29. The molecule has 0 saturated carbocycles. The van der Waals surface area contributed by atoms with E-state index in [1.807, 2.05) is 12.1 Å². The number of hydrogen-bond donors (Lipinski definition) is 3. The highest BCUT2D eigenvalue weighted by atomic mass is 16.3. The summed E-state index contributed by atoms with van der Waals surface area (Å²) in [5.74, 6) is 1.18. The van der Waals surface area contributed by atoms with Crippen LogP contribution in [0.15, 0.2) is 49.1 Å². The molecule has 0 aliphatic carbocycles. The summed E-state index contributed by atoms with van der Waals surface area (Å²) in [7, 11) is 0. The second-order valence-corrected chi connectivity index (χ2v) is 5.96. The van der Waals surface area contributed by atoms with Crippen molar-refractivity contribution in [3.8, 4) is 17.1 Å². The van der Waals surface area contributed by atoms with Crippen LogP contribution in [0.4, 0.5) is 0 Å². The van der Waals surface area contributed by atoms with Gasteiger partial charge in [0.1, 0.15) is 23.6 Å². The molecule has 0 saturated heterocycles. The Morgan fingerprint density at radius 2 is 2.19 bits per heavy atom. The van der Waals surface area contributed by atoms with Crippen molar-refractivity contribution >= 4 is 16.9 Å². The Labute approximate surface area is 154 Å². The number of benzene rings is 1. The maximum absolute atomic E-state index is 12.2. The van der Waals surface area contributed by atoms with Crippen molar-refractivity contribution in [1.82, 2.24) is 35.0 Å². The van der Waals surface area contributed by atoms with E-state index in [-0.39, 0.29) is 18.2 Å². The zero-order valence-electron chi connectivity index (χ0n) is 14.3. The third-order valence-electron chi connectivity index (χ3n) is 4.07. The molecular weight excluding hydrogens is 346 g/mol. The van der Waals surface area contributed by atoms with Crippen molar-refractivity contribution in [2.24, 2.45) is 0 Å². The molecule has 0 aliphatic heterocycles. The van der Waals surface area contributed by atoms with Gasteiger partial charge in [-0.2, -0.15) is 5.10 Å². The minimum Gasteiger partial charge on any atom is -0.506 e. The predicted molar refractivity (Wildman–Crippen MR) is 97.7 cm³/mol. The van der Waals surface area contributed by atoms with Crippen LogP contribution in [0.5, 0.6) is 5.75 Å². The molecule has 3 heterocycles. The summed E-state index contributed by atoms with van der Waals surface area (Å²) in [5, 5.41) is 19.8. The number of rotatable bonds is 6. The SMILES string of the molecule is O=C(Cn1cnc2cccc(O)c21)NCCc1nc(-c2cccnc2)n[nH]1. The van der Waals surface area contributed by atoms with Gasteiger partial charge in [0.25, 0.3) is 0 Å². The number of phenols is 1. The summed E-state index contributed by atoms with van der Waals surface area (Å²) in [6, 6.07) is 8.78. The number of aromatic hydroxyl groups is 1. The molecule has 4 rings (SSSR count). The molecule has 0 aliphatic rings. The number of carbonyl (C=O) groups is 1. The van der Waals surface area contributed by atoms with E-state index in [0.717, 1.165) is 5.56 Å². The number of fused-ring (bicyclic) bond motifs is 1. The standard InChI is InChI=1S/C18H17N7O2/c26-14-5-1-4-13-17(14)25(11-21-13)10-16(27)20-8-6-15-22-18(24-23-15)12-3-2-7-19-9-12/h1-5,7,9,11,26H,6,8,10H2,(H,20,27)(H,22,23,24). The number of hydrogen-bond acceptors (Lipinski definition) is 6. The molecule has 0 bridgehead atoms. The molecule has 1 aromatic carbocycles. The van der Waals surface area contributed by atoms with E-state index in [2.05, 4.69) is 30.5 Å². The zero-order valence-corrected chi connectivity index (χ0v) is 14.3. The number of nitrogens with one attached hydrogen (secondary N) is 2. The molecule has 9 heteroatoms. The van der Waals surface area contributed by atoms with Crippen LogP contribution < -0.4 is 5.32 Å². The average molecular weight is 363 g/mol. The van der Waals surface area contributed by atoms with Crippen LogP contribution >= 0.6 is 0 Å². The van der Waals surface area contributed by atoms with Crippen molar-refractivity contribution in [1.29, 1.82) is 0 Å². The maximum atomic E-state index is 12.2. The fourth-order valence-electron chi connectivity index (χ4n) is 2.79. The number of imidazole rings is 1. The minimum atomic E-state index is -0.176. The molecule has 9 nitrogen and oxygen atoms in total. The number of pyridine rings is 1. The van der Waals surface area contributed by atoms with Crippen LogP contribution in [0.2, 0.25) is 0 Å². The van der Waals surface area contributed by atoms with Gasteiger partial charge >= 0.3 is 0 Å². The molecule has 0 atom stereocenters. The molecule has 0 fully saturated rings. The Kier molecular flexibility index (Phi) is 4.48. The zero-order chi connectivity index (χ0) is 18.6. The summed E-state index contributed by atoms with van der Waals surface area (Å²) < 4.78 is 1.62.